The van der Waals surface area contributed by atoms with Crippen molar-refractivity contribution in [3.63, 3.8) is 0 Å². The van der Waals surface area contributed by atoms with E-state index in [1.807, 2.05) is 0 Å². The highest BCUT2D eigenvalue weighted by Crippen LogP contribution is 2.17. The van der Waals surface area contributed by atoms with Crippen molar-refractivity contribution in [3.8, 4) is 0 Å². The molecule has 0 aliphatic carbocycles. The predicted molar refractivity (Wildman–Crippen MR) is 77.2 cm³/mol. The number of benzene rings is 1. The topological polar surface area (TPSA) is 66.6 Å². The largest absolute Gasteiger partial charge is 0.490 e. The highest BCUT2D eigenvalue weighted by molar-refractivity contribution is 5.73. The number of halogens is 3. The fourth-order valence-electron chi connectivity index (χ4n) is 2.48. The van der Waals surface area contributed by atoms with Crippen molar-refractivity contribution in [2.24, 2.45) is 11.7 Å². The molecule has 2 unspecified atom stereocenters. The van der Waals surface area contributed by atoms with Gasteiger partial charge in [0, 0.05) is 25.7 Å². The zero-order chi connectivity index (χ0) is 16.8. The summed E-state index contributed by atoms with van der Waals surface area (Å²) in [5.74, 6) is -2.02. The molecule has 4 nitrogen and oxygen atoms in total. The molecule has 22 heavy (non-hydrogen) atoms. The smallest absolute Gasteiger partial charge is 0.475 e. The van der Waals surface area contributed by atoms with Gasteiger partial charge in [0.1, 0.15) is 0 Å². The summed E-state index contributed by atoms with van der Waals surface area (Å²) in [4.78, 5) is 11.4. The number of piperidine rings is 1. The van der Waals surface area contributed by atoms with Gasteiger partial charge in [-0.3, -0.25) is 4.90 Å². The lowest BCUT2D eigenvalue weighted by Crippen LogP contribution is -2.45. The maximum atomic E-state index is 10.6. The second-order valence-electron chi connectivity index (χ2n) is 5.58. The Bertz CT molecular complexity index is 456. The molecule has 1 aromatic carbocycles. The number of alkyl halides is 3. The number of carboxylic acids is 1. The van der Waals surface area contributed by atoms with Crippen LogP contribution in [0.4, 0.5) is 13.2 Å². The van der Waals surface area contributed by atoms with E-state index in [9.17, 15) is 13.2 Å². The Labute approximate surface area is 127 Å². The highest BCUT2D eigenvalue weighted by Gasteiger charge is 2.38. The van der Waals surface area contributed by atoms with E-state index in [1.165, 1.54) is 18.5 Å². The highest BCUT2D eigenvalue weighted by atomic mass is 19.4. The van der Waals surface area contributed by atoms with Crippen LogP contribution in [0.5, 0.6) is 0 Å². The molecule has 0 saturated carbocycles. The molecule has 124 valence electrons. The number of carbonyl (C=O) groups is 1. The van der Waals surface area contributed by atoms with Gasteiger partial charge in [0.25, 0.3) is 0 Å². The first-order chi connectivity index (χ1) is 10.2. The Morgan fingerprint density at radius 3 is 2.32 bits per heavy atom. The molecule has 1 aliphatic rings. The summed E-state index contributed by atoms with van der Waals surface area (Å²) in [6, 6.07) is 11.0. The number of aliphatic carboxylic acids is 1. The zero-order valence-corrected chi connectivity index (χ0v) is 12.4. The van der Waals surface area contributed by atoms with Crippen LogP contribution in [0.15, 0.2) is 30.3 Å². The molecule has 1 saturated heterocycles. The van der Waals surface area contributed by atoms with Crippen LogP contribution in [0, 0.1) is 5.92 Å². The third-order valence-electron chi connectivity index (χ3n) is 3.26. The molecule has 7 heteroatoms. The molecule has 1 fully saturated rings. The molecule has 1 aliphatic heterocycles. The van der Waals surface area contributed by atoms with Crippen LogP contribution in [0.25, 0.3) is 0 Å². The van der Waals surface area contributed by atoms with Crippen LogP contribution >= 0.6 is 0 Å². The summed E-state index contributed by atoms with van der Waals surface area (Å²) in [6.45, 7) is 5.55. The Kier molecular flexibility index (Phi) is 6.83. The molecule has 0 amide bonds. The monoisotopic (exact) mass is 318 g/mol. The molecule has 1 aromatic rings. The second-order valence-corrected chi connectivity index (χ2v) is 5.58. The lowest BCUT2D eigenvalue weighted by Gasteiger charge is -2.34. The third-order valence-corrected chi connectivity index (χ3v) is 3.26. The first kappa shape index (κ1) is 18.4. The lowest BCUT2D eigenvalue weighted by molar-refractivity contribution is -0.192. The number of hydrogen-bond donors (Lipinski definition) is 2. The molecular formula is C15H21F3N2O2. The second kappa shape index (κ2) is 8.14. The number of nitrogens with zero attached hydrogens (tertiary/aromatic N) is 1. The normalized spacial score (nSPS) is 22.6. The number of rotatable bonds is 2. The number of likely N-dealkylation sites (tertiary alicyclic amines) is 1. The van der Waals surface area contributed by atoms with Crippen molar-refractivity contribution in [2.45, 2.75) is 32.1 Å². The molecule has 2 rings (SSSR count). The fraction of sp³-hybridized carbons (Fsp3) is 0.533. The molecule has 0 radical (unpaired) electrons. The van der Waals surface area contributed by atoms with Gasteiger partial charge in [-0.1, -0.05) is 37.3 Å². The molecular weight excluding hydrogens is 297 g/mol. The summed E-state index contributed by atoms with van der Waals surface area (Å²) in [5, 5.41) is 7.12. The first-order valence-corrected chi connectivity index (χ1v) is 7.00. The average molecular weight is 318 g/mol. The van der Waals surface area contributed by atoms with Crippen LogP contribution in [-0.2, 0) is 11.3 Å². The van der Waals surface area contributed by atoms with Crippen molar-refractivity contribution >= 4 is 5.97 Å². The quantitative estimate of drug-likeness (QED) is 0.879. The van der Waals surface area contributed by atoms with Crippen LogP contribution in [0.3, 0.4) is 0 Å². The molecule has 2 atom stereocenters. The molecule has 3 N–H and O–H groups in total. The third kappa shape index (κ3) is 6.91. The van der Waals surface area contributed by atoms with Crippen LogP contribution in [0.1, 0.15) is 18.9 Å². The van der Waals surface area contributed by atoms with Crippen molar-refractivity contribution in [3.05, 3.63) is 35.9 Å². The summed E-state index contributed by atoms with van der Waals surface area (Å²) in [7, 11) is 0. The Morgan fingerprint density at radius 2 is 1.86 bits per heavy atom. The van der Waals surface area contributed by atoms with Crippen molar-refractivity contribution in [1.82, 2.24) is 4.90 Å². The van der Waals surface area contributed by atoms with Gasteiger partial charge in [-0.25, -0.2) is 4.79 Å². The van der Waals surface area contributed by atoms with E-state index >= 15 is 0 Å². The Balaban J connectivity index is 0.000000295. The minimum Gasteiger partial charge on any atom is -0.475 e. The van der Waals surface area contributed by atoms with E-state index in [2.05, 4.69) is 42.2 Å². The van der Waals surface area contributed by atoms with E-state index < -0.39 is 12.1 Å². The Hall–Kier alpha value is -1.60. The van der Waals surface area contributed by atoms with Crippen LogP contribution < -0.4 is 5.73 Å². The maximum absolute atomic E-state index is 10.6. The van der Waals surface area contributed by atoms with E-state index in [0.717, 1.165) is 19.0 Å². The van der Waals surface area contributed by atoms with Crippen LogP contribution in [-0.4, -0.2) is 41.3 Å². The average Bonchev–Trinajstić information content (AvgIpc) is 2.38. The van der Waals surface area contributed by atoms with Crippen molar-refractivity contribution in [2.75, 3.05) is 13.1 Å². The minimum absolute atomic E-state index is 0.359. The number of carboxylic acid groups (broad SMARTS) is 1. The minimum atomic E-state index is -5.08. The summed E-state index contributed by atoms with van der Waals surface area (Å²) in [6.07, 6.45) is -3.91. The van der Waals surface area contributed by atoms with Gasteiger partial charge >= 0.3 is 12.1 Å². The summed E-state index contributed by atoms with van der Waals surface area (Å²) < 4.78 is 31.7. The van der Waals surface area contributed by atoms with Gasteiger partial charge in [0.05, 0.1) is 0 Å². The number of nitrogens with two attached hydrogens (primary N) is 1. The summed E-state index contributed by atoms with van der Waals surface area (Å²) >= 11 is 0. The van der Waals surface area contributed by atoms with Gasteiger partial charge < -0.3 is 10.8 Å². The SMILES string of the molecule is CC1CC(N)CN(Cc2ccccc2)C1.O=C(O)C(F)(F)F. The van der Waals surface area contributed by atoms with Crippen LogP contribution in [0.2, 0.25) is 0 Å². The van der Waals surface area contributed by atoms with Gasteiger partial charge in [0.15, 0.2) is 0 Å². The van der Waals surface area contributed by atoms with Gasteiger partial charge in [-0.15, -0.1) is 0 Å². The van der Waals surface area contributed by atoms with Gasteiger partial charge in [-0.2, -0.15) is 13.2 Å². The van der Waals surface area contributed by atoms with Crippen molar-refractivity contribution < 1.29 is 23.1 Å². The van der Waals surface area contributed by atoms with Gasteiger partial charge in [0.2, 0.25) is 0 Å². The first-order valence-electron chi connectivity index (χ1n) is 7.00. The van der Waals surface area contributed by atoms with Crippen molar-refractivity contribution in [1.29, 1.82) is 0 Å². The molecule has 1 heterocycles. The lowest BCUT2D eigenvalue weighted by atomic mass is 9.96. The summed E-state index contributed by atoms with van der Waals surface area (Å²) in [5.41, 5.74) is 7.42. The van der Waals surface area contributed by atoms with E-state index in [-0.39, 0.29) is 0 Å². The zero-order valence-electron chi connectivity index (χ0n) is 12.4. The maximum Gasteiger partial charge on any atom is 0.490 e. The standard InChI is InChI=1S/C13H20N2.C2HF3O2/c1-11-7-13(14)10-15(8-11)9-12-5-3-2-4-6-12;3-2(4,5)1(6)7/h2-6,11,13H,7-10,14H2,1H3;(H,6,7). The molecule has 0 aromatic heterocycles. The van der Waals surface area contributed by atoms with E-state index in [4.69, 9.17) is 15.6 Å². The molecule has 0 bridgehead atoms. The fourth-order valence-corrected chi connectivity index (χ4v) is 2.48. The predicted octanol–water partition coefficient (Wildman–Crippen LogP) is 2.49. The van der Waals surface area contributed by atoms with E-state index in [1.54, 1.807) is 0 Å². The van der Waals surface area contributed by atoms with E-state index in [0.29, 0.717) is 6.04 Å². The number of hydrogen-bond acceptors (Lipinski definition) is 3. The Morgan fingerprint density at radius 1 is 1.32 bits per heavy atom. The molecule has 0 spiro atoms. The van der Waals surface area contributed by atoms with Gasteiger partial charge in [-0.05, 0) is 17.9 Å².